The molecule has 2 heterocycles. The Kier molecular flexibility index (Phi) is 6.49. The van der Waals surface area contributed by atoms with Crippen LogP contribution in [0.25, 0.3) is 11.0 Å². The molecular formula is C24H27N5O3. The van der Waals surface area contributed by atoms with Gasteiger partial charge in [-0.1, -0.05) is 42.5 Å². The monoisotopic (exact) mass is 433 g/mol. The molecule has 8 heteroatoms. The number of hydrogen-bond donors (Lipinski definition) is 2. The molecule has 1 unspecified atom stereocenters. The largest absolute Gasteiger partial charge is 0.356 e. The van der Waals surface area contributed by atoms with Crippen molar-refractivity contribution in [2.24, 2.45) is 7.05 Å². The molecular weight excluding hydrogens is 406 g/mol. The number of para-hydroxylation sites is 2. The van der Waals surface area contributed by atoms with Crippen LogP contribution in [0.1, 0.15) is 24.2 Å². The first-order valence-corrected chi connectivity index (χ1v) is 10.9. The van der Waals surface area contributed by atoms with E-state index in [0.29, 0.717) is 25.9 Å². The van der Waals surface area contributed by atoms with Gasteiger partial charge >= 0.3 is 6.03 Å². The molecule has 0 saturated carbocycles. The van der Waals surface area contributed by atoms with Gasteiger partial charge in [-0.3, -0.25) is 14.5 Å². The quantitative estimate of drug-likeness (QED) is 0.506. The van der Waals surface area contributed by atoms with Crippen molar-refractivity contribution in [1.82, 2.24) is 25.1 Å². The fraction of sp³-hybridized carbons (Fsp3) is 0.333. The number of fused-ring (bicyclic) bond motifs is 1. The van der Waals surface area contributed by atoms with Gasteiger partial charge in [0.2, 0.25) is 5.91 Å². The molecule has 32 heavy (non-hydrogen) atoms. The molecule has 2 aromatic carbocycles. The minimum Gasteiger partial charge on any atom is -0.356 e. The maximum atomic E-state index is 12.6. The summed E-state index contributed by atoms with van der Waals surface area (Å²) in [5.41, 5.74) is 3.06. The van der Waals surface area contributed by atoms with Crippen LogP contribution in [0.3, 0.4) is 0 Å². The Morgan fingerprint density at radius 1 is 1.06 bits per heavy atom. The molecule has 3 aromatic rings. The number of aromatic nitrogens is 2. The highest BCUT2D eigenvalue weighted by molar-refractivity contribution is 6.04. The number of amides is 4. The van der Waals surface area contributed by atoms with E-state index in [2.05, 4.69) is 15.6 Å². The maximum Gasteiger partial charge on any atom is 0.324 e. The smallest absolute Gasteiger partial charge is 0.324 e. The fourth-order valence-corrected chi connectivity index (χ4v) is 3.97. The molecule has 2 N–H and O–H groups in total. The number of nitrogens with zero attached hydrogens (tertiary/aromatic N) is 3. The van der Waals surface area contributed by atoms with Crippen LogP contribution in [0.2, 0.25) is 0 Å². The Morgan fingerprint density at radius 2 is 1.81 bits per heavy atom. The number of nitrogens with one attached hydrogen (secondary N) is 2. The number of urea groups is 1. The van der Waals surface area contributed by atoms with Gasteiger partial charge in [-0.15, -0.1) is 0 Å². The first-order valence-electron chi connectivity index (χ1n) is 10.9. The number of rotatable bonds is 9. The van der Waals surface area contributed by atoms with E-state index in [9.17, 15) is 14.4 Å². The zero-order chi connectivity index (χ0) is 22.5. The fourth-order valence-electron chi connectivity index (χ4n) is 3.97. The van der Waals surface area contributed by atoms with Gasteiger partial charge in [0.15, 0.2) is 0 Å². The molecule has 166 valence electrons. The molecule has 8 nitrogen and oxygen atoms in total. The van der Waals surface area contributed by atoms with Gasteiger partial charge < -0.3 is 15.2 Å². The normalized spacial score (nSPS) is 15.9. The van der Waals surface area contributed by atoms with E-state index in [-0.39, 0.29) is 24.7 Å². The summed E-state index contributed by atoms with van der Waals surface area (Å²) in [5, 5.41) is 5.57. The highest BCUT2D eigenvalue weighted by Gasteiger charge is 2.37. The molecule has 4 amide bonds. The van der Waals surface area contributed by atoms with Gasteiger partial charge in [-0.2, -0.15) is 0 Å². The number of benzene rings is 2. The Balaban J connectivity index is 1.21. The number of imidazole rings is 1. The Bertz CT molecular complexity index is 1130. The van der Waals surface area contributed by atoms with Crippen LogP contribution >= 0.6 is 0 Å². The molecule has 1 saturated heterocycles. The second-order valence-corrected chi connectivity index (χ2v) is 7.94. The van der Waals surface area contributed by atoms with Crippen LogP contribution in [0.4, 0.5) is 4.79 Å². The summed E-state index contributed by atoms with van der Waals surface area (Å²) in [6.45, 7) is 0.791. The topological polar surface area (TPSA) is 96.3 Å². The Labute approximate surface area is 186 Å². The highest BCUT2D eigenvalue weighted by atomic mass is 16.2. The lowest BCUT2D eigenvalue weighted by molar-refractivity contribution is -0.127. The van der Waals surface area contributed by atoms with Gasteiger partial charge in [0, 0.05) is 33.0 Å². The zero-order valence-electron chi connectivity index (χ0n) is 18.1. The van der Waals surface area contributed by atoms with Gasteiger partial charge in [-0.05, 0) is 30.5 Å². The van der Waals surface area contributed by atoms with Gasteiger partial charge in [0.25, 0.3) is 5.91 Å². The van der Waals surface area contributed by atoms with Gasteiger partial charge in [-0.25, -0.2) is 9.78 Å². The van der Waals surface area contributed by atoms with Crippen LogP contribution in [0, 0.1) is 0 Å². The first kappa shape index (κ1) is 21.5. The van der Waals surface area contributed by atoms with E-state index < -0.39 is 12.1 Å². The summed E-state index contributed by atoms with van der Waals surface area (Å²) in [6, 6.07) is 16.6. The van der Waals surface area contributed by atoms with Gasteiger partial charge in [0.1, 0.15) is 11.9 Å². The van der Waals surface area contributed by atoms with Crippen molar-refractivity contribution in [3.63, 3.8) is 0 Å². The Hall–Kier alpha value is -3.68. The van der Waals surface area contributed by atoms with Crippen LogP contribution in [0.15, 0.2) is 54.6 Å². The van der Waals surface area contributed by atoms with E-state index >= 15 is 0 Å². The van der Waals surface area contributed by atoms with Crippen molar-refractivity contribution in [2.45, 2.75) is 31.7 Å². The van der Waals surface area contributed by atoms with E-state index in [1.165, 1.54) is 4.90 Å². The summed E-state index contributed by atoms with van der Waals surface area (Å²) in [4.78, 5) is 42.8. The first-order chi connectivity index (χ1) is 15.5. The van der Waals surface area contributed by atoms with Crippen molar-refractivity contribution in [1.29, 1.82) is 0 Å². The van der Waals surface area contributed by atoms with E-state index in [4.69, 9.17) is 0 Å². The third-order valence-electron chi connectivity index (χ3n) is 5.78. The predicted molar refractivity (Wildman–Crippen MR) is 121 cm³/mol. The SMILES string of the molecule is Cn1c(CCNC(=O)CCC2NC(=O)N(CCc3ccccc3)C2=O)nc2ccccc21. The molecule has 1 atom stereocenters. The third kappa shape index (κ3) is 4.80. The average Bonchev–Trinajstić information content (AvgIpc) is 3.27. The second kappa shape index (κ2) is 9.64. The minimum atomic E-state index is -0.649. The van der Waals surface area contributed by atoms with Crippen molar-refractivity contribution >= 4 is 28.9 Å². The van der Waals surface area contributed by atoms with Crippen molar-refractivity contribution < 1.29 is 14.4 Å². The maximum absolute atomic E-state index is 12.6. The minimum absolute atomic E-state index is 0.145. The van der Waals surface area contributed by atoms with Crippen LogP contribution in [-0.2, 0) is 29.5 Å². The number of aryl methyl sites for hydroxylation is 1. The summed E-state index contributed by atoms with van der Waals surface area (Å²) < 4.78 is 2.03. The lowest BCUT2D eigenvalue weighted by atomic mass is 10.1. The van der Waals surface area contributed by atoms with Crippen LogP contribution in [0.5, 0.6) is 0 Å². The molecule has 0 aliphatic carbocycles. The number of imide groups is 1. The van der Waals surface area contributed by atoms with E-state index in [0.717, 1.165) is 22.4 Å². The van der Waals surface area contributed by atoms with Crippen molar-refractivity contribution in [2.75, 3.05) is 13.1 Å². The Morgan fingerprint density at radius 3 is 2.59 bits per heavy atom. The molecule has 1 aliphatic heterocycles. The second-order valence-electron chi connectivity index (χ2n) is 7.94. The lowest BCUT2D eigenvalue weighted by Gasteiger charge is -2.13. The zero-order valence-corrected chi connectivity index (χ0v) is 18.1. The summed E-state index contributed by atoms with van der Waals surface area (Å²) in [5.74, 6) is 0.491. The van der Waals surface area contributed by atoms with Crippen LogP contribution in [-0.4, -0.2) is 51.4 Å². The molecule has 4 rings (SSSR count). The van der Waals surface area contributed by atoms with Crippen molar-refractivity contribution in [3.8, 4) is 0 Å². The van der Waals surface area contributed by atoms with E-state index in [1.807, 2.05) is 66.2 Å². The number of carbonyl (C=O) groups is 3. The predicted octanol–water partition coefficient (Wildman–Crippen LogP) is 2.18. The van der Waals surface area contributed by atoms with Crippen LogP contribution < -0.4 is 10.6 Å². The van der Waals surface area contributed by atoms with Crippen molar-refractivity contribution in [3.05, 3.63) is 66.0 Å². The number of hydrogen-bond acceptors (Lipinski definition) is 4. The third-order valence-corrected chi connectivity index (χ3v) is 5.78. The molecule has 1 aliphatic rings. The number of carbonyl (C=O) groups excluding carboxylic acids is 3. The average molecular weight is 434 g/mol. The standard InChI is InChI=1S/C24H27N5O3/c1-28-20-10-6-5-9-18(20)26-21(28)13-15-25-22(30)12-11-19-23(31)29(24(32)27-19)16-14-17-7-3-2-4-8-17/h2-10,19H,11-16H2,1H3,(H,25,30)(H,27,32). The molecule has 0 spiro atoms. The molecule has 0 radical (unpaired) electrons. The summed E-state index contributed by atoms with van der Waals surface area (Å²) >= 11 is 0. The molecule has 1 aromatic heterocycles. The molecule has 0 bridgehead atoms. The lowest BCUT2D eigenvalue weighted by Crippen LogP contribution is -2.34. The van der Waals surface area contributed by atoms with Gasteiger partial charge in [0.05, 0.1) is 11.0 Å². The summed E-state index contributed by atoms with van der Waals surface area (Å²) in [7, 11) is 1.96. The summed E-state index contributed by atoms with van der Waals surface area (Å²) in [6.07, 6.45) is 1.68. The highest BCUT2D eigenvalue weighted by Crippen LogP contribution is 2.15. The molecule has 1 fully saturated rings. The van der Waals surface area contributed by atoms with E-state index in [1.54, 1.807) is 0 Å².